The first-order chi connectivity index (χ1) is 10.9. The molecule has 0 spiro atoms. The molecular formula is C20H30O3. The summed E-state index contributed by atoms with van der Waals surface area (Å²) in [5, 5.41) is 0. The number of hydrogen-bond donors (Lipinski definition) is 0. The van der Waals surface area contributed by atoms with Crippen LogP contribution in [0.5, 0.6) is 0 Å². The number of hydrogen-bond acceptors (Lipinski definition) is 3. The summed E-state index contributed by atoms with van der Waals surface area (Å²) in [6, 6.07) is 0. The van der Waals surface area contributed by atoms with E-state index in [1.807, 2.05) is 0 Å². The highest BCUT2D eigenvalue weighted by atomic mass is 16.6. The predicted octanol–water partition coefficient (Wildman–Crippen LogP) is 4.32. The topological polar surface area (TPSA) is 34.3 Å². The van der Waals surface area contributed by atoms with Crippen molar-refractivity contribution in [3.05, 3.63) is 22.8 Å². The second kappa shape index (κ2) is 5.44. The van der Waals surface area contributed by atoms with Crippen LogP contribution in [0.3, 0.4) is 0 Å². The summed E-state index contributed by atoms with van der Waals surface area (Å²) in [6.07, 6.45) is 9.98. The molecular weight excluding hydrogens is 288 g/mol. The van der Waals surface area contributed by atoms with Gasteiger partial charge in [-0.2, -0.15) is 0 Å². The Balaban J connectivity index is 1.54. The van der Waals surface area contributed by atoms with E-state index in [4.69, 9.17) is 14.2 Å². The molecule has 0 aromatic heterocycles. The zero-order chi connectivity index (χ0) is 16.2. The largest absolute Gasteiger partial charge is 0.367 e. The van der Waals surface area contributed by atoms with Gasteiger partial charge in [-0.25, -0.2) is 0 Å². The molecule has 1 unspecified atom stereocenters. The van der Waals surface area contributed by atoms with Crippen molar-refractivity contribution < 1.29 is 14.2 Å². The molecule has 3 heteroatoms. The molecule has 4 aliphatic rings. The van der Waals surface area contributed by atoms with Crippen LogP contribution in [0, 0.1) is 0 Å². The maximum absolute atomic E-state index is 6.12. The van der Waals surface area contributed by atoms with Gasteiger partial charge in [0, 0.05) is 0 Å². The fraction of sp³-hybridized carbons (Fsp3) is 0.800. The van der Waals surface area contributed by atoms with E-state index in [9.17, 15) is 0 Å². The lowest BCUT2D eigenvalue weighted by Crippen LogP contribution is -2.25. The number of fused-ring (bicyclic) bond motifs is 4. The lowest BCUT2D eigenvalue weighted by atomic mass is 9.88. The van der Waals surface area contributed by atoms with Gasteiger partial charge in [-0.05, 0) is 77.4 Å². The predicted molar refractivity (Wildman–Crippen MR) is 90.5 cm³/mol. The maximum atomic E-state index is 6.12. The molecule has 1 aliphatic carbocycles. The van der Waals surface area contributed by atoms with Crippen LogP contribution in [0.25, 0.3) is 0 Å². The fourth-order valence-corrected chi connectivity index (χ4v) is 4.44. The van der Waals surface area contributed by atoms with Crippen LogP contribution < -0.4 is 0 Å². The average molecular weight is 318 g/mol. The molecule has 128 valence electrons. The molecule has 23 heavy (non-hydrogen) atoms. The number of rotatable bonds is 0. The molecule has 4 rings (SSSR count). The van der Waals surface area contributed by atoms with Gasteiger partial charge in [0.15, 0.2) is 0 Å². The Hall–Kier alpha value is -0.640. The highest BCUT2D eigenvalue weighted by Gasteiger charge is 2.58. The van der Waals surface area contributed by atoms with Gasteiger partial charge in [0.1, 0.15) is 12.2 Å². The van der Waals surface area contributed by atoms with Crippen LogP contribution in [0.2, 0.25) is 0 Å². The minimum Gasteiger partial charge on any atom is -0.367 e. The van der Waals surface area contributed by atoms with Gasteiger partial charge in [-0.3, -0.25) is 0 Å². The van der Waals surface area contributed by atoms with Crippen molar-refractivity contribution in [3.8, 4) is 0 Å². The Bertz CT molecular complexity index is 563. The normalized spacial score (nSPS) is 49.4. The van der Waals surface area contributed by atoms with Crippen molar-refractivity contribution in [2.75, 3.05) is 6.61 Å². The Labute approximate surface area is 140 Å². The quantitative estimate of drug-likeness (QED) is 0.493. The summed E-state index contributed by atoms with van der Waals surface area (Å²) in [5.41, 5.74) is 4.48. The summed E-state index contributed by atoms with van der Waals surface area (Å²) in [6.45, 7) is 9.78. The second-order valence-corrected chi connectivity index (χ2v) is 8.44. The van der Waals surface area contributed by atoms with E-state index >= 15 is 0 Å². The molecule has 0 saturated carbocycles. The molecule has 0 bridgehead atoms. The van der Waals surface area contributed by atoms with E-state index in [0.717, 1.165) is 45.1 Å². The zero-order valence-corrected chi connectivity index (χ0v) is 15.0. The standard InChI is InChI=1S/C20H30O3/c1-13-6-5-10-20(4)18(23-20)17-15(14(2)12-21-17)9-11-19(3)16(22-19)8-7-13/h6,16-18H,5,7-12H2,1-4H3/b13-6-/t16-,17?,18-,19-,20-/m1/s1. The minimum atomic E-state index is 0.00392. The molecule has 3 nitrogen and oxygen atoms in total. The van der Waals surface area contributed by atoms with E-state index in [1.54, 1.807) is 0 Å². The summed E-state index contributed by atoms with van der Waals surface area (Å²) >= 11 is 0. The molecule has 3 heterocycles. The van der Waals surface area contributed by atoms with Crippen molar-refractivity contribution in [2.45, 2.75) is 95.7 Å². The SMILES string of the molecule is CC1=C2CC[C@@]3(C)O[C@@H]3CC/C(C)=C\CC[C@@]3(C)O[C@@H]3C2OC1. The van der Waals surface area contributed by atoms with Crippen molar-refractivity contribution in [1.29, 1.82) is 0 Å². The van der Waals surface area contributed by atoms with Crippen LogP contribution in [-0.4, -0.2) is 36.1 Å². The Morgan fingerprint density at radius 1 is 1.04 bits per heavy atom. The number of epoxide rings is 2. The maximum Gasteiger partial charge on any atom is 0.117 e. The van der Waals surface area contributed by atoms with Gasteiger partial charge in [0.05, 0.1) is 23.9 Å². The second-order valence-electron chi connectivity index (χ2n) is 8.44. The first-order valence-electron chi connectivity index (χ1n) is 9.23. The number of allylic oxidation sites excluding steroid dienone is 2. The lowest BCUT2D eigenvalue weighted by molar-refractivity contribution is 0.0922. The van der Waals surface area contributed by atoms with Gasteiger partial charge in [0.2, 0.25) is 0 Å². The Morgan fingerprint density at radius 2 is 1.87 bits per heavy atom. The van der Waals surface area contributed by atoms with Crippen LogP contribution in [0.1, 0.15) is 66.2 Å². The molecule has 0 aromatic carbocycles. The highest BCUT2D eigenvalue weighted by molar-refractivity contribution is 5.28. The molecule has 2 saturated heterocycles. The van der Waals surface area contributed by atoms with E-state index in [0.29, 0.717) is 6.10 Å². The first-order valence-corrected chi connectivity index (χ1v) is 9.23. The van der Waals surface area contributed by atoms with Crippen LogP contribution in [-0.2, 0) is 14.2 Å². The van der Waals surface area contributed by atoms with Gasteiger partial charge in [-0.15, -0.1) is 0 Å². The third-order valence-corrected chi connectivity index (χ3v) is 6.45. The molecule has 2 fully saturated rings. The van der Waals surface area contributed by atoms with Gasteiger partial charge < -0.3 is 14.2 Å². The average Bonchev–Trinajstić information content (AvgIpc) is 3.30. The van der Waals surface area contributed by atoms with Crippen LogP contribution in [0.4, 0.5) is 0 Å². The third kappa shape index (κ3) is 2.92. The van der Waals surface area contributed by atoms with E-state index in [-0.39, 0.29) is 23.4 Å². The van der Waals surface area contributed by atoms with Gasteiger partial charge in [0.25, 0.3) is 0 Å². The summed E-state index contributed by atoms with van der Waals surface area (Å²) < 4.78 is 18.3. The van der Waals surface area contributed by atoms with E-state index < -0.39 is 0 Å². The molecule has 0 radical (unpaired) electrons. The number of ether oxygens (including phenoxy) is 3. The fourth-order valence-electron chi connectivity index (χ4n) is 4.44. The van der Waals surface area contributed by atoms with E-state index in [1.165, 1.54) is 16.7 Å². The van der Waals surface area contributed by atoms with Crippen LogP contribution >= 0.6 is 0 Å². The first kappa shape index (κ1) is 15.9. The lowest BCUT2D eigenvalue weighted by Gasteiger charge is -2.16. The van der Waals surface area contributed by atoms with Crippen molar-refractivity contribution >= 4 is 0 Å². The summed E-state index contributed by atoms with van der Waals surface area (Å²) in [7, 11) is 0. The van der Waals surface area contributed by atoms with Crippen molar-refractivity contribution in [3.63, 3.8) is 0 Å². The molecule has 0 N–H and O–H groups in total. The molecule has 3 aliphatic heterocycles. The van der Waals surface area contributed by atoms with Gasteiger partial charge in [-0.1, -0.05) is 11.6 Å². The minimum absolute atomic E-state index is 0.00392. The van der Waals surface area contributed by atoms with E-state index in [2.05, 4.69) is 33.8 Å². The van der Waals surface area contributed by atoms with Crippen molar-refractivity contribution in [1.82, 2.24) is 0 Å². The molecule has 5 atom stereocenters. The van der Waals surface area contributed by atoms with Gasteiger partial charge >= 0.3 is 0 Å². The summed E-state index contributed by atoms with van der Waals surface area (Å²) in [4.78, 5) is 0. The third-order valence-electron chi connectivity index (χ3n) is 6.45. The summed E-state index contributed by atoms with van der Waals surface area (Å²) in [5.74, 6) is 0. The Morgan fingerprint density at radius 3 is 2.70 bits per heavy atom. The highest BCUT2D eigenvalue weighted by Crippen LogP contribution is 2.50. The smallest absolute Gasteiger partial charge is 0.117 e. The van der Waals surface area contributed by atoms with Crippen LogP contribution in [0.15, 0.2) is 22.8 Å². The molecule has 0 amide bonds. The Kier molecular flexibility index (Phi) is 3.75. The van der Waals surface area contributed by atoms with Crippen molar-refractivity contribution in [2.24, 2.45) is 0 Å². The monoisotopic (exact) mass is 318 g/mol. The molecule has 0 aromatic rings. The zero-order valence-electron chi connectivity index (χ0n) is 15.0.